The predicted molar refractivity (Wildman–Crippen MR) is 124 cm³/mol. The van der Waals surface area contributed by atoms with Crippen molar-refractivity contribution in [3.05, 3.63) is 60.2 Å². The first kappa shape index (κ1) is 24.6. The summed E-state index contributed by atoms with van der Waals surface area (Å²) in [5, 5.41) is 24.9. The molecule has 0 aromatic heterocycles. The second-order valence-electron chi connectivity index (χ2n) is 8.73. The third-order valence-corrected chi connectivity index (χ3v) is 5.00. The highest BCUT2D eigenvalue weighted by Crippen LogP contribution is 2.23. The molecule has 0 bridgehead atoms. The van der Waals surface area contributed by atoms with E-state index in [4.69, 9.17) is 0 Å². The van der Waals surface area contributed by atoms with E-state index in [0.29, 0.717) is 18.4 Å². The molecule has 7 heteroatoms. The molecular formula is C24H33BN2O4. The standard InChI is InChI=1S/C24H33BN2O4/c1-16(2)14-21(24(29)27-22(25(30)31)15-17(3)4)26-23(28)20-13-9-8-12-19(20)18-10-6-5-7-11-18/h5-13,16-17,21-22,30-31H,14-15H2,1-4H3,(H,26,28)(H,27,29). The lowest BCUT2D eigenvalue weighted by molar-refractivity contribution is -0.123. The van der Waals surface area contributed by atoms with Crippen LogP contribution in [0.15, 0.2) is 54.6 Å². The van der Waals surface area contributed by atoms with E-state index < -0.39 is 25.0 Å². The van der Waals surface area contributed by atoms with E-state index in [1.807, 2.05) is 70.2 Å². The lowest BCUT2D eigenvalue weighted by Gasteiger charge is -2.25. The molecule has 0 spiro atoms. The summed E-state index contributed by atoms with van der Waals surface area (Å²) in [6.45, 7) is 7.82. The first-order valence-electron chi connectivity index (χ1n) is 10.8. The summed E-state index contributed by atoms with van der Waals surface area (Å²) in [4.78, 5) is 26.1. The molecule has 2 amide bonds. The minimum Gasteiger partial charge on any atom is -0.426 e. The van der Waals surface area contributed by atoms with E-state index in [1.165, 1.54) is 0 Å². The van der Waals surface area contributed by atoms with Crippen molar-refractivity contribution in [1.29, 1.82) is 0 Å². The Labute approximate surface area is 185 Å². The van der Waals surface area contributed by atoms with Crippen LogP contribution < -0.4 is 10.6 Å². The number of nitrogens with one attached hydrogen (secondary N) is 2. The molecule has 0 aliphatic heterocycles. The van der Waals surface area contributed by atoms with Crippen LogP contribution in [0.25, 0.3) is 11.1 Å². The van der Waals surface area contributed by atoms with Gasteiger partial charge in [-0.15, -0.1) is 0 Å². The molecule has 0 saturated heterocycles. The van der Waals surface area contributed by atoms with Crippen LogP contribution in [0.2, 0.25) is 0 Å². The van der Waals surface area contributed by atoms with Crippen molar-refractivity contribution in [2.45, 2.75) is 52.5 Å². The summed E-state index contributed by atoms with van der Waals surface area (Å²) < 4.78 is 0. The molecule has 0 aliphatic carbocycles. The van der Waals surface area contributed by atoms with Crippen molar-refractivity contribution < 1.29 is 19.6 Å². The average molecular weight is 424 g/mol. The van der Waals surface area contributed by atoms with Crippen LogP contribution >= 0.6 is 0 Å². The van der Waals surface area contributed by atoms with Gasteiger partial charge in [0, 0.05) is 5.56 Å². The summed E-state index contributed by atoms with van der Waals surface area (Å²) in [6, 6.07) is 16.1. The minimum absolute atomic E-state index is 0.156. The van der Waals surface area contributed by atoms with Crippen LogP contribution in [0.1, 0.15) is 50.9 Å². The van der Waals surface area contributed by atoms with E-state index in [1.54, 1.807) is 12.1 Å². The highest BCUT2D eigenvalue weighted by atomic mass is 16.4. The molecule has 31 heavy (non-hydrogen) atoms. The lowest BCUT2D eigenvalue weighted by atomic mass is 9.75. The van der Waals surface area contributed by atoms with Crippen LogP contribution in [0, 0.1) is 11.8 Å². The van der Waals surface area contributed by atoms with E-state index in [9.17, 15) is 19.6 Å². The van der Waals surface area contributed by atoms with Gasteiger partial charge in [-0.1, -0.05) is 76.2 Å². The maximum atomic E-state index is 13.1. The van der Waals surface area contributed by atoms with Gasteiger partial charge in [-0.2, -0.15) is 0 Å². The number of rotatable bonds is 10. The number of amides is 2. The Morgan fingerprint density at radius 2 is 1.42 bits per heavy atom. The van der Waals surface area contributed by atoms with Crippen molar-refractivity contribution >= 4 is 18.9 Å². The first-order valence-corrected chi connectivity index (χ1v) is 10.8. The summed E-state index contributed by atoms with van der Waals surface area (Å²) >= 11 is 0. The molecule has 2 rings (SSSR count). The SMILES string of the molecule is CC(C)CC(NC(=O)C(CC(C)C)NC(=O)c1ccccc1-c1ccccc1)B(O)O. The third-order valence-electron chi connectivity index (χ3n) is 5.00. The minimum atomic E-state index is -1.67. The summed E-state index contributed by atoms with van der Waals surface area (Å²) in [6.07, 6.45) is 0.851. The van der Waals surface area contributed by atoms with E-state index in [0.717, 1.165) is 11.1 Å². The van der Waals surface area contributed by atoms with Gasteiger partial charge in [-0.05, 0) is 41.9 Å². The van der Waals surface area contributed by atoms with Gasteiger partial charge >= 0.3 is 7.12 Å². The number of hydrogen-bond donors (Lipinski definition) is 4. The number of benzene rings is 2. The van der Waals surface area contributed by atoms with Crippen molar-refractivity contribution in [2.24, 2.45) is 11.8 Å². The fourth-order valence-electron chi connectivity index (χ4n) is 3.54. The predicted octanol–water partition coefficient (Wildman–Crippen LogP) is 3.04. The van der Waals surface area contributed by atoms with Gasteiger partial charge in [0.1, 0.15) is 6.04 Å². The third kappa shape index (κ3) is 7.53. The van der Waals surface area contributed by atoms with Crippen LogP contribution in [0.4, 0.5) is 0 Å². The van der Waals surface area contributed by atoms with E-state index >= 15 is 0 Å². The molecule has 0 heterocycles. The molecule has 2 aromatic carbocycles. The molecule has 2 aromatic rings. The van der Waals surface area contributed by atoms with E-state index in [2.05, 4.69) is 10.6 Å². The quantitative estimate of drug-likeness (QED) is 0.441. The van der Waals surface area contributed by atoms with Gasteiger partial charge in [0.25, 0.3) is 5.91 Å². The smallest absolute Gasteiger partial charge is 0.426 e. The average Bonchev–Trinajstić information content (AvgIpc) is 2.72. The Kier molecular flexibility index (Phi) is 9.28. The molecule has 2 atom stereocenters. The zero-order valence-corrected chi connectivity index (χ0v) is 18.7. The molecule has 0 saturated carbocycles. The number of hydrogen-bond acceptors (Lipinski definition) is 4. The largest absolute Gasteiger partial charge is 0.475 e. The maximum absolute atomic E-state index is 13.1. The van der Waals surface area contributed by atoms with E-state index in [-0.39, 0.29) is 17.7 Å². The van der Waals surface area contributed by atoms with Gasteiger partial charge < -0.3 is 20.7 Å². The summed E-state index contributed by atoms with van der Waals surface area (Å²) in [5.74, 6) is -1.23. The molecular weight excluding hydrogens is 391 g/mol. The zero-order valence-electron chi connectivity index (χ0n) is 18.7. The second-order valence-corrected chi connectivity index (χ2v) is 8.73. The topological polar surface area (TPSA) is 98.7 Å². The van der Waals surface area contributed by atoms with Crippen molar-refractivity contribution in [3.8, 4) is 11.1 Å². The van der Waals surface area contributed by atoms with Gasteiger partial charge in [0.15, 0.2) is 0 Å². The van der Waals surface area contributed by atoms with Gasteiger partial charge in [-0.25, -0.2) is 0 Å². The Balaban J connectivity index is 2.23. The van der Waals surface area contributed by atoms with Crippen LogP contribution in [-0.4, -0.2) is 41.0 Å². The van der Waals surface area contributed by atoms with Crippen LogP contribution in [-0.2, 0) is 4.79 Å². The molecule has 0 fully saturated rings. The first-order chi connectivity index (χ1) is 14.7. The monoisotopic (exact) mass is 424 g/mol. The van der Waals surface area contributed by atoms with Gasteiger partial charge in [0.05, 0.1) is 5.94 Å². The molecule has 2 unspecified atom stereocenters. The van der Waals surface area contributed by atoms with Crippen molar-refractivity contribution in [3.63, 3.8) is 0 Å². The molecule has 4 N–H and O–H groups in total. The fraction of sp³-hybridized carbons (Fsp3) is 0.417. The highest BCUT2D eigenvalue weighted by Gasteiger charge is 2.30. The van der Waals surface area contributed by atoms with Crippen molar-refractivity contribution in [2.75, 3.05) is 0 Å². The maximum Gasteiger partial charge on any atom is 0.475 e. The van der Waals surface area contributed by atoms with Gasteiger partial charge in [0.2, 0.25) is 5.91 Å². The number of carbonyl (C=O) groups is 2. The van der Waals surface area contributed by atoms with Crippen LogP contribution in [0.5, 0.6) is 0 Å². The van der Waals surface area contributed by atoms with Gasteiger partial charge in [-0.3, -0.25) is 9.59 Å². The molecule has 0 radical (unpaired) electrons. The Morgan fingerprint density at radius 1 is 0.839 bits per heavy atom. The zero-order chi connectivity index (χ0) is 23.0. The molecule has 0 aliphatic rings. The lowest BCUT2D eigenvalue weighted by Crippen LogP contribution is -2.54. The fourth-order valence-corrected chi connectivity index (χ4v) is 3.54. The number of carbonyl (C=O) groups excluding carboxylic acids is 2. The Morgan fingerprint density at radius 3 is 2.00 bits per heavy atom. The summed E-state index contributed by atoms with van der Waals surface area (Å²) in [7, 11) is -1.67. The molecule has 6 nitrogen and oxygen atoms in total. The Bertz CT molecular complexity index is 856. The highest BCUT2D eigenvalue weighted by molar-refractivity contribution is 6.43. The Hall–Kier alpha value is -2.64. The van der Waals surface area contributed by atoms with Crippen LogP contribution in [0.3, 0.4) is 0 Å². The molecule has 166 valence electrons. The van der Waals surface area contributed by atoms with Crippen molar-refractivity contribution in [1.82, 2.24) is 10.6 Å². The summed E-state index contributed by atoms with van der Waals surface area (Å²) in [5.41, 5.74) is 2.18. The second kappa shape index (κ2) is 11.7. The normalized spacial score (nSPS) is 13.0.